The van der Waals surface area contributed by atoms with Crippen LogP contribution in [0.1, 0.15) is 16.8 Å². The molecule has 2 heterocycles. The predicted octanol–water partition coefficient (Wildman–Crippen LogP) is 4.68. The normalized spacial score (nSPS) is 15.5. The first-order valence-corrected chi connectivity index (χ1v) is 8.72. The van der Waals surface area contributed by atoms with Crippen molar-refractivity contribution in [1.82, 2.24) is 9.88 Å². The highest BCUT2D eigenvalue weighted by molar-refractivity contribution is 9.11. The van der Waals surface area contributed by atoms with Gasteiger partial charge in [-0.2, -0.15) is 13.2 Å². The molecular formula is C15H13BrF3N3OS. The van der Waals surface area contributed by atoms with E-state index >= 15 is 0 Å². The summed E-state index contributed by atoms with van der Waals surface area (Å²) >= 11 is 4.77. The Labute approximate surface area is 149 Å². The molecule has 1 aromatic carbocycles. The summed E-state index contributed by atoms with van der Waals surface area (Å²) in [5.74, 6) is 0. The molecule has 0 saturated carbocycles. The maximum Gasteiger partial charge on any atom is 0.416 e. The highest BCUT2D eigenvalue weighted by Gasteiger charge is 2.32. The summed E-state index contributed by atoms with van der Waals surface area (Å²) in [4.78, 5) is 20.0. The molecule has 3 rings (SSSR count). The summed E-state index contributed by atoms with van der Waals surface area (Å²) in [7, 11) is 0. The molecule has 0 radical (unpaired) electrons. The number of hydrogen-bond donors (Lipinski definition) is 0. The number of aryl methyl sites for hydroxylation is 1. The van der Waals surface area contributed by atoms with Crippen molar-refractivity contribution < 1.29 is 18.0 Å². The number of carbonyl (C=O) groups is 1. The van der Waals surface area contributed by atoms with Gasteiger partial charge in [-0.3, -0.25) is 4.90 Å². The lowest BCUT2D eigenvalue weighted by Crippen LogP contribution is -2.31. The van der Waals surface area contributed by atoms with Crippen LogP contribution in [0.15, 0.2) is 28.1 Å². The Balaban J connectivity index is 1.70. The van der Waals surface area contributed by atoms with Crippen molar-refractivity contribution in [3.05, 3.63) is 44.9 Å². The van der Waals surface area contributed by atoms with Gasteiger partial charge in [0.25, 0.3) is 0 Å². The van der Waals surface area contributed by atoms with Crippen molar-refractivity contribution in [2.24, 2.45) is 0 Å². The first-order valence-electron chi connectivity index (χ1n) is 7.11. The van der Waals surface area contributed by atoms with Gasteiger partial charge in [-0.15, -0.1) is 0 Å². The van der Waals surface area contributed by atoms with Crippen LogP contribution in [-0.2, 0) is 12.7 Å². The van der Waals surface area contributed by atoms with E-state index in [9.17, 15) is 18.0 Å². The predicted molar refractivity (Wildman–Crippen MR) is 89.1 cm³/mol. The molecule has 2 amide bonds. The summed E-state index contributed by atoms with van der Waals surface area (Å²) in [5.41, 5.74) is 0.794. The lowest BCUT2D eigenvalue weighted by molar-refractivity contribution is -0.137. The Kier molecular flexibility index (Phi) is 4.56. The van der Waals surface area contributed by atoms with Crippen molar-refractivity contribution in [2.45, 2.75) is 19.6 Å². The van der Waals surface area contributed by atoms with E-state index in [0.717, 1.165) is 21.6 Å². The second-order valence-electron chi connectivity index (χ2n) is 5.41. The van der Waals surface area contributed by atoms with E-state index < -0.39 is 11.7 Å². The molecule has 0 aliphatic carbocycles. The standard InChI is InChI=1S/C15H13BrF3N3OS/c1-9-12(16)24-13(20-9)22-7-6-21(14(22)23)8-10-2-4-11(5-3-10)15(17,18)19/h2-5H,6-8H2,1H3. The second kappa shape index (κ2) is 6.36. The molecule has 0 spiro atoms. The number of rotatable bonds is 3. The number of halogens is 4. The fraction of sp³-hybridized carbons (Fsp3) is 0.333. The number of thiazole rings is 1. The molecule has 9 heteroatoms. The van der Waals surface area contributed by atoms with Gasteiger partial charge in [-0.05, 0) is 40.5 Å². The van der Waals surface area contributed by atoms with Gasteiger partial charge in [-0.25, -0.2) is 9.78 Å². The molecule has 1 aliphatic heterocycles. The van der Waals surface area contributed by atoms with E-state index in [2.05, 4.69) is 20.9 Å². The topological polar surface area (TPSA) is 36.4 Å². The molecule has 0 N–H and O–H groups in total. The minimum Gasteiger partial charge on any atom is -0.318 e. The zero-order valence-electron chi connectivity index (χ0n) is 12.6. The van der Waals surface area contributed by atoms with Crippen molar-refractivity contribution in [2.75, 3.05) is 18.0 Å². The minimum absolute atomic E-state index is 0.184. The van der Waals surface area contributed by atoms with Gasteiger partial charge in [0, 0.05) is 19.6 Å². The molecule has 24 heavy (non-hydrogen) atoms. The second-order valence-corrected chi connectivity index (χ2v) is 7.70. The summed E-state index contributed by atoms with van der Waals surface area (Å²) in [6, 6.07) is 4.70. The molecule has 1 aromatic heterocycles. The van der Waals surface area contributed by atoms with Crippen molar-refractivity contribution in [1.29, 1.82) is 0 Å². The Morgan fingerprint density at radius 2 is 1.92 bits per heavy atom. The number of anilines is 1. The van der Waals surface area contributed by atoms with E-state index in [1.54, 1.807) is 9.80 Å². The summed E-state index contributed by atoms with van der Waals surface area (Å²) < 4.78 is 38.6. The van der Waals surface area contributed by atoms with Crippen LogP contribution in [0.4, 0.5) is 23.1 Å². The van der Waals surface area contributed by atoms with Gasteiger partial charge < -0.3 is 4.90 Å². The third-order valence-electron chi connectivity index (χ3n) is 3.71. The first kappa shape index (κ1) is 17.2. The smallest absolute Gasteiger partial charge is 0.318 e. The molecule has 1 aliphatic rings. The monoisotopic (exact) mass is 419 g/mol. The van der Waals surface area contributed by atoms with Crippen molar-refractivity contribution in [3.8, 4) is 0 Å². The SMILES string of the molecule is Cc1nc(N2CCN(Cc3ccc(C(F)(F)F)cc3)C2=O)sc1Br. The zero-order valence-corrected chi connectivity index (χ0v) is 15.0. The molecule has 0 atom stereocenters. The van der Waals surface area contributed by atoms with Crippen LogP contribution < -0.4 is 4.90 Å². The maximum absolute atomic E-state index is 12.6. The number of aromatic nitrogens is 1. The lowest BCUT2D eigenvalue weighted by atomic mass is 10.1. The van der Waals surface area contributed by atoms with Gasteiger partial charge in [0.1, 0.15) is 0 Å². The van der Waals surface area contributed by atoms with Crippen LogP contribution in [0.25, 0.3) is 0 Å². The third kappa shape index (κ3) is 3.41. The van der Waals surface area contributed by atoms with Crippen molar-refractivity contribution >= 4 is 38.4 Å². The Hall–Kier alpha value is -1.61. The Morgan fingerprint density at radius 1 is 1.25 bits per heavy atom. The van der Waals surface area contributed by atoms with Crippen LogP contribution in [-0.4, -0.2) is 29.0 Å². The highest BCUT2D eigenvalue weighted by atomic mass is 79.9. The van der Waals surface area contributed by atoms with E-state index in [0.29, 0.717) is 23.8 Å². The van der Waals surface area contributed by atoms with Crippen LogP contribution in [0, 0.1) is 6.92 Å². The summed E-state index contributed by atoms with van der Waals surface area (Å²) in [6.07, 6.45) is -4.35. The zero-order chi connectivity index (χ0) is 17.5. The molecule has 0 bridgehead atoms. The fourth-order valence-electron chi connectivity index (χ4n) is 2.41. The van der Waals surface area contributed by atoms with Gasteiger partial charge in [0.15, 0.2) is 5.13 Å². The lowest BCUT2D eigenvalue weighted by Gasteiger charge is -2.17. The number of alkyl halides is 3. The average Bonchev–Trinajstić information content (AvgIpc) is 3.03. The minimum atomic E-state index is -4.35. The van der Waals surface area contributed by atoms with E-state index in [1.165, 1.54) is 23.5 Å². The first-order chi connectivity index (χ1) is 11.3. The highest BCUT2D eigenvalue weighted by Crippen LogP contribution is 2.33. The largest absolute Gasteiger partial charge is 0.416 e. The van der Waals surface area contributed by atoms with Gasteiger partial charge in [-0.1, -0.05) is 23.5 Å². The van der Waals surface area contributed by atoms with Crippen LogP contribution in [0.3, 0.4) is 0 Å². The summed E-state index contributed by atoms with van der Waals surface area (Å²) in [5, 5.41) is 0.624. The molecule has 0 unspecified atom stereocenters. The number of amides is 2. The maximum atomic E-state index is 12.6. The molecule has 4 nitrogen and oxygen atoms in total. The van der Waals surface area contributed by atoms with Gasteiger partial charge in [0.05, 0.1) is 15.0 Å². The molecule has 1 saturated heterocycles. The number of carbonyl (C=O) groups excluding carboxylic acids is 1. The summed E-state index contributed by atoms with van der Waals surface area (Å²) in [6.45, 7) is 3.15. The van der Waals surface area contributed by atoms with Crippen molar-refractivity contribution in [3.63, 3.8) is 0 Å². The van der Waals surface area contributed by atoms with Crippen LogP contribution in [0.2, 0.25) is 0 Å². The fourth-order valence-corrected chi connectivity index (χ4v) is 3.74. The van der Waals surface area contributed by atoms with E-state index in [-0.39, 0.29) is 12.6 Å². The number of benzene rings is 1. The quantitative estimate of drug-likeness (QED) is 0.724. The Morgan fingerprint density at radius 3 is 2.46 bits per heavy atom. The molecule has 128 valence electrons. The molecule has 1 fully saturated rings. The molecular weight excluding hydrogens is 407 g/mol. The van der Waals surface area contributed by atoms with E-state index in [1.807, 2.05) is 6.92 Å². The number of hydrogen-bond acceptors (Lipinski definition) is 3. The van der Waals surface area contributed by atoms with Crippen LogP contribution >= 0.6 is 27.3 Å². The van der Waals surface area contributed by atoms with Gasteiger partial charge in [0.2, 0.25) is 0 Å². The molecule has 2 aromatic rings. The van der Waals surface area contributed by atoms with Crippen LogP contribution in [0.5, 0.6) is 0 Å². The third-order valence-corrected chi connectivity index (χ3v) is 5.74. The average molecular weight is 420 g/mol. The Bertz CT molecular complexity index is 741. The number of nitrogens with zero attached hydrogens (tertiary/aromatic N) is 3. The number of urea groups is 1. The van der Waals surface area contributed by atoms with E-state index in [4.69, 9.17) is 0 Å². The van der Waals surface area contributed by atoms with Gasteiger partial charge >= 0.3 is 12.2 Å².